The van der Waals surface area contributed by atoms with Crippen molar-refractivity contribution in [2.24, 2.45) is 5.73 Å². The number of sulfonamides is 2. The Morgan fingerprint density at radius 2 is 1.07 bits per heavy atom. The first kappa shape index (κ1) is 38.6. The van der Waals surface area contributed by atoms with Gasteiger partial charge in [-0.05, 0) is 72.6 Å². The zero-order valence-electron chi connectivity index (χ0n) is 30.3. The summed E-state index contributed by atoms with van der Waals surface area (Å²) < 4.78 is 71.7. The second kappa shape index (κ2) is 16.5. The highest BCUT2D eigenvalue weighted by molar-refractivity contribution is 7.90. The van der Waals surface area contributed by atoms with Gasteiger partial charge in [0.05, 0.1) is 35.0 Å². The minimum absolute atomic E-state index is 0.0401. The highest BCUT2D eigenvalue weighted by atomic mass is 32.2. The van der Waals surface area contributed by atoms with Gasteiger partial charge >= 0.3 is 0 Å². The first-order chi connectivity index (χ1) is 26.0. The van der Waals surface area contributed by atoms with E-state index >= 15 is 16.8 Å². The van der Waals surface area contributed by atoms with Crippen LogP contribution in [0.5, 0.6) is 5.75 Å². The third kappa shape index (κ3) is 7.74. The van der Waals surface area contributed by atoms with Crippen molar-refractivity contribution in [3.05, 3.63) is 198 Å². The van der Waals surface area contributed by atoms with Crippen molar-refractivity contribution in [1.82, 2.24) is 14.3 Å². The lowest BCUT2D eigenvalue weighted by Crippen LogP contribution is -2.66. The average molecular weight is 761 g/mol. The van der Waals surface area contributed by atoms with Gasteiger partial charge in [0.1, 0.15) is 11.4 Å². The van der Waals surface area contributed by atoms with E-state index in [0.717, 1.165) is 5.56 Å². The number of likely N-dealkylation sites (N-methyl/N-ethyl adjacent to an activating group) is 1. The Morgan fingerprint density at radius 1 is 0.611 bits per heavy atom. The van der Waals surface area contributed by atoms with Crippen LogP contribution in [-0.4, -0.2) is 35.3 Å². The van der Waals surface area contributed by atoms with E-state index < -0.39 is 43.8 Å². The molecule has 6 aromatic carbocycles. The predicted octanol–water partition coefficient (Wildman–Crippen LogP) is 7.23. The van der Waals surface area contributed by atoms with Crippen molar-refractivity contribution in [3.8, 4) is 5.75 Å². The van der Waals surface area contributed by atoms with Crippen LogP contribution >= 0.6 is 0 Å². The summed E-state index contributed by atoms with van der Waals surface area (Å²) in [5.74, 6) is 0.452. The summed E-state index contributed by atoms with van der Waals surface area (Å²) >= 11 is 0. The number of ether oxygens (including phenoxy) is 1. The monoisotopic (exact) mass is 760 g/mol. The van der Waals surface area contributed by atoms with Crippen LogP contribution in [0.1, 0.15) is 45.9 Å². The van der Waals surface area contributed by atoms with Crippen LogP contribution in [-0.2, 0) is 25.7 Å². The fourth-order valence-corrected chi connectivity index (χ4v) is 10.2. The van der Waals surface area contributed by atoms with E-state index in [-0.39, 0.29) is 9.79 Å². The number of nitrogens with one attached hydrogen (secondary N) is 2. The van der Waals surface area contributed by atoms with E-state index in [1.54, 1.807) is 61.6 Å². The van der Waals surface area contributed by atoms with E-state index in [4.69, 9.17) is 10.5 Å². The molecule has 0 saturated heterocycles. The molecule has 9 nitrogen and oxygen atoms in total. The molecule has 0 spiro atoms. The smallest absolute Gasteiger partial charge is 0.245 e. The van der Waals surface area contributed by atoms with Crippen LogP contribution in [0.3, 0.4) is 0 Å². The van der Waals surface area contributed by atoms with Gasteiger partial charge in [0.15, 0.2) is 0 Å². The maximum Gasteiger partial charge on any atom is 0.245 e. The zero-order valence-corrected chi connectivity index (χ0v) is 31.9. The molecule has 11 heteroatoms. The molecular weight excluding hydrogens is 717 g/mol. The van der Waals surface area contributed by atoms with Crippen molar-refractivity contribution in [2.75, 3.05) is 14.2 Å². The third-order valence-electron chi connectivity index (χ3n) is 9.56. The molecule has 54 heavy (non-hydrogen) atoms. The predicted molar refractivity (Wildman–Crippen MR) is 212 cm³/mol. The molecule has 0 bridgehead atoms. The van der Waals surface area contributed by atoms with Gasteiger partial charge in [0, 0.05) is 0 Å². The Balaban J connectivity index is 1.81. The van der Waals surface area contributed by atoms with Crippen LogP contribution < -0.4 is 20.5 Å². The molecule has 0 saturated carbocycles. The molecule has 6 rings (SSSR count). The number of hydrogen-bond acceptors (Lipinski definition) is 7. The number of nitrogens with two attached hydrogens (primary N) is 1. The van der Waals surface area contributed by atoms with Gasteiger partial charge < -0.3 is 15.8 Å². The summed E-state index contributed by atoms with van der Waals surface area (Å²) in [7, 11) is -6.05. The van der Waals surface area contributed by atoms with Gasteiger partial charge in [0.2, 0.25) is 20.0 Å². The molecule has 0 aromatic heterocycles. The maximum atomic E-state index is 16.0. The second-order valence-electron chi connectivity index (χ2n) is 13.0. The first-order valence-electron chi connectivity index (χ1n) is 17.5. The molecule has 278 valence electrons. The summed E-state index contributed by atoms with van der Waals surface area (Å²) in [5.41, 5.74) is 8.20. The number of hydrogen-bond donors (Lipinski definition) is 3. The molecule has 4 N–H and O–H groups in total. The SMILES string of the molecule is CNC(c1ccccc1)C(NS(=O)(=O)c1ccc(C)cc1)(c1ccccc1)N(C(c1ccccc1)C(N)c1ccccc1)S(=O)(=O)c1ccc(OC)cc1. The molecular formula is C43H44N4O5S2. The Labute approximate surface area is 318 Å². The summed E-state index contributed by atoms with van der Waals surface area (Å²) in [4.78, 5) is -0.135. The molecule has 0 aliphatic carbocycles. The average Bonchev–Trinajstić information content (AvgIpc) is 3.21. The Morgan fingerprint density at radius 3 is 1.57 bits per heavy atom. The fraction of sp³-hybridized carbons (Fsp3) is 0.163. The Bertz CT molecular complexity index is 2330. The van der Waals surface area contributed by atoms with Crippen LogP contribution in [0.15, 0.2) is 180 Å². The molecule has 0 aliphatic heterocycles. The Hall–Kier alpha value is -5.14. The van der Waals surface area contributed by atoms with Crippen molar-refractivity contribution >= 4 is 20.0 Å². The van der Waals surface area contributed by atoms with Crippen molar-refractivity contribution < 1.29 is 21.6 Å². The van der Waals surface area contributed by atoms with Crippen LogP contribution in [0, 0.1) is 6.92 Å². The number of methoxy groups -OCH3 is 1. The lowest BCUT2D eigenvalue weighted by atomic mass is 9.84. The van der Waals surface area contributed by atoms with Gasteiger partial charge in [-0.2, -0.15) is 9.03 Å². The Kier molecular flexibility index (Phi) is 11.8. The lowest BCUT2D eigenvalue weighted by Gasteiger charge is -2.52. The van der Waals surface area contributed by atoms with Gasteiger partial charge in [-0.1, -0.05) is 139 Å². The zero-order chi connectivity index (χ0) is 38.3. The highest BCUT2D eigenvalue weighted by Gasteiger charge is 2.57. The summed E-state index contributed by atoms with van der Waals surface area (Å²) in [6.45, 7) is 1.86. The molecule has 0 amide bonds. The van der Waals surface area contributed by atoms with Crippen molar-refractivity contribution in [3.63, 3.8) is 0 Å². The van der Waals surface area contributed by atoms with Gasteiger partial charge in [-0.25, -0.2) is 16.8 Å². The lowest BCUT2D eigenvalue weighted by molar-refractivity contribution is 0.0675. The second-order valence-corrected chi connectivity index (χ2v) is 16.4. The third-order valence-corrected chi connectivity index (χ3v) is 12.9. The summed E-state index contributed by atoms with van der Waals surface area (Å²) in [6, 6.07) is 45.5. The molecule has 0 fully saturated rings. The summed E-state index contributed by atoms with van der Waals surface area (Å²) in [5, 5.41) is 3.35. The van der Waals surface area contributed by atoms with E-state index in [1.165, 1.54) is 35.7 Å². The van der Waals surface area contributed by atoms with Crippen LogP contribution in [0.25, 0.3) is 0 Å². The van der Waals surface area contributed by atoms with Gasteiger partial charge in [0.25, 0.3) is 0 Å². The topological polar surface area (TPSA) is 131 Å². The highest BCUT2D eigenvalue weighted by Crippen LogP contribution is 2.50. The largest absolute Gasteiger partial charge is 0.497 e. The minimum Gasteiger partial charge on any atom is -0.497 e. The van der Waals surface area contributed by atoms with Gasteiger partial charge in [-0.15, -0.1) is 0 Å². The van der Waals surface area contributed by atoms with E-state index in [0.29, 0.717) is 28.0 Å². The van der Waals surface area contributed by atoms with Gasteiger partial charge in [-0.3, -0.25) is 0 Å². The minimum atomic E-state index is -4.73. The fourth-order valence-electron chi connectivity index (χ4n) is 6.94. The molecule has 0 heterocycles. The van der Waals surface area contributed by atoms with Crippen LogP contribution in [0.4, 0.5) is 0 Å². The number of aryl methyl sites for hydroxylation is 1. The molecule has 6 aromatic rings. The molecule has 0 radical (unpaired) electrons. The quantitative estimate of drug-likeness (QED) is 0.0943. The first-order valence-corrected chi connectivity index (χ1v) is 20.4. The molecule has 4 atom stereocenters. The standard InChI is InChI=1S/C43H44N4O5S2/c1-32-24-28-38(29-25-32)53(48,49)46-43(36-22-14-7-15-23-36,42(45-2)35-20-12-6-13-21-35)47(54(50,51)39-30-26-37(52-3)27-31-39)41(34-18-10-5-11-19-34)40(44)33-16-8-4-9-17-33/h4-31,40-42,45-46H,44H2,1-3H3. The number of rotatable bonds is 15. The van der Waals surface area contributed by atoms with Crippen molar-refractivity contribution in [1.29, 1.82) is 0 Å². The van der Waals surface area contributed by atoms with Crippen LogP contribution in [0.2, 0.25) is 0 Å². The maximum absolute atomic E-state index is 16.0. The van der Waals surface area contributed by atoms with E-state index in [2.05, 4.69) is 10.0 Å². The molecule has 0 aliphatic rings. The molecule has 4 unspecified atom stereocenters. The van der Waals surface area contributed by atoms with Crippen molar-refractivity contribution in [2.45, 2.75) is 40.5 Å². The van der Waals surface area contributed by atoms with E-state index in [9.17, 15) is 0 Å². The summed E-state index contributed by atoms with van der Waals surface area (Å²) in [6.07, 6.45) is 0. The number of nitrogens with zero attached hydrogens (tertiary/aromatic N) is 1. The number of benzene rings is 6. The normalized spacial score (nSPS) is 14.8. The van der Waals surface area contributed by atoms with E-state index in [1.807, 2.05) is 97.9 Å².